The van der Waals surface area contributed by atoms with Crippen LogP contribution in [0.25, 0.3) is 0 Å². The lowest BCUT2D eigenvalue weighted by atomic mass is 10.1. The lowest BCUT2D eigenvalue weighted by Crippen LogP contribution is -2.25. The minimum absolute atomic E-state index is 0.0754. The Bertz CT molecular complexity index is 434. The van der Waals surface area contributed by atoms with Gasteiger partial charge in [-0.2, -0.15) is 0 Å². The summed E-state index contributed by atoms with van der Waals surface area (Å²) >= 11 is 0. The molecular formula is C15H22N2O2. The van der Waals surface area contributed by atoms with Crippen LogP contribution in [-0.2, 0) is 17.9 Å². The summed E-state index contributed by atoms with van der Waals surface area (Å²) in [5.74, 6) is 0.0754. The van der Waals surface area contributed by atoms with Crippen LogP contribution in [0.3, 0.4) is 0 Å². The van der Waals surface area contributed by atoms with Gasteiger partial charge in [-0.15, -0.1) is 0 Å². The Hall–Kier alpha value is -1.39. The van der Waals surface area contributed by atoms with Crippen LogP contribution in [0.15, 0.2) is 24.3 Å². The molecule has 2 N–H and O–H groups in total. The maximum Gasteiger partial charge on any atom is 0.219 e. The molecule has 0 radical (unpaired) electrons. The molecule has 19 heavy (non-hydrogen) atoms. The van der Waals surface area contributed by atoms with E-state index in [1.54, 1.807) is 0 Å². The number of aliphatic hydroxyl groups excluding tert-OH is 1. The van der Waals surface area contributed by atoms with Crippen LogP contribution in [0.5, 0.6) is 0 Å². The van der Waals surface area contributed by atoms with E-state index in [-0.39, 0.29) is 12.0 Å². The van der Waals surface area contributed by atoms with Crippen LogP contribution in [0.2, 0.25) is 0 Å². The highest BCUT2D eigenvalue weighted by Gasteiger charge is 2.20. The van der Waals surface area contributed by atoms with Gasteiger partial charge in [-0.1, -0.05) is 31.2 Å². The number of nitrogens with zero attached hydrogens (tertiary/aromatic N) is 1. The highest BCUT2D eigenvalue weighted by molar-refractivity contribution is 5.75. The van der Waals surface area contributed by atoms with E-state index >= 15 is 0 Å². The molecule has 1 aliphatic rings. The number of β-amino-alcohol motifs (C(OH)–C–C–N with tert-alkyl or cyclic N) is 1. The van der Waals surface area contributed by atoms with Crippen LogP contribution in [0.4, 0.5) is 0 Å². The van der Waals surface area contributed by atoms with Crippen LogP contribution in [-0.4, -0.2) is 35.1 Å². The molecule has 1 atom stereocenters. The fourth-order valence-electron chi connectivity index (χ4n) is 2.40. The van der Waals surface area contributed by atoms with Gasteiger partial charge in [0.15, 0.2) is 0 Å². The summed E-state index contributed by atoms with van der Waals surface area (Å²) in [6, 6.07) is 8.17. The van der Waals surface area contributed by atoms with Gasteiger partial charge in [-0.3, -0.25) is 9.69 Å². The first-order valence-electron chi connectivity index (χ1n) is 6.93. The highest BCUT2D eigenvalue weighted by Crippen LogP contribution is 2.16. The molecule has 1 saturated heterocycles. The number of hydrogen-bond donors (Lipinski definition) is 2. The number of likely N-dealkylation sites (tertiary alicyclic amines) is 1. The van der Waals surface area contributed by atoms with Crippen LogP contribution in [0.1, 0.15) is 30.9 Å². The Morgan fingerprint density at radius 1 is 1.42 bits per heavy atom. The number of carbonyl (C=O) groups is 1. The standard InChI is InChI=1S/C15H22N2O2/c1-2-15(19)16-9-12-5-3-4-6-13(12)10-17-8-7-14(18)11-17/h3-6,14,18H,2,7-11H2,1H3,(H,16,19)/t14-/m0/s1. The van der Waals surface area contributed by atoms with Crippen LogP contribution in [0, 0.1) is 0 Å². The SMILES string of the molecule is CCC(=O)NCc1ccccc1CN1CC[C@H](O)C1. The third-order valence-corrected chi connectivity index (χ3v) is 3.56. The molecule has 1 amide bonds. The van der Waals surface area contributed by atoms with Gasteiger partial charge in [-0.05, 0) is 17.5 Å². The molecular weight excluding hydrogens is 240 g/mol. The first-order chi connectivity index (χ1) is 9.19. The van der Waals surface area contributed by atoms with Crippen molar-refractivity contribution in [1.29, 1.82) is 0 Å². The lowest BCUT2D eigenvalue weighted by Gasteiger charge is -2.18. The van der Waals surface area contributed by atoms with Crippen LogP contribution >= 0.6 is 0 Å². The average molecular weight is 262 g/mol. The van der Waals surface area contributed by atoms with E-state index in [0.717, 1.165) is 31.6 Å². The first kappa shape index (κ1) is 14.0. The van der Waals surface area contributed by atoms with E-state index in [9.17, 15) is 9.90 Å². The molecule has 0 aliphatic carbocycles. The van der Waals surface area contributed by atoms with Crippen molar-refractivity contribution >= 4 is 5.91 Å². The maximum atomic E-state index is 11.3. The van der Waals surface area contributed by atoms with Crippen molar-refractivity contribution in [3.8, 4) is 0 Å². The summed E-state index contributed by atoms with van der Waals surface area (Å²) in [6.45, 7) is 4.97. The molecule has 1 aliphatic heterocycles. The summed E-state index contributed by atoms with van der Waals surface area (Å²) in [4.78, 5) is 13.6. The molecule has 0 spiro atoms. The van der Waals surface area contributed by atoms with Gasteiger partial charge < -0.3 is 10.4 Å². The molecule has 104 valence electrons. The second kappa shape index (κ2) is 6.68. The summed E-state index contributed by atoms with van der Waals surface area (Å²) < 4.78 is 0. The molecule has 4 heteroatoms. The minimum Gasteiger partial charge on any atom is -0.392 e. The number of aliphatic hydroxyl groups is 1. The number of carbonyl (C=O) groups excluding carboxylic acids is 1. The molecule has 0 saturated carbocycles. The predicted octanol–water partition coefficient (Wildman–Crippen LogP) is 1.28. The molecule has 2 rings (SSSR count). The summed E-state index contributed by atoms with van der Waals surface area (Å²) in [5.41, 5.74) is 2.39. The van der Waals surface area contributed by atoms with Gasteiger partial charge in [-0.25, -0.2) is 0 Å². The fourth-order valence-corrected chi connectivity index (χ4v) is 2.40. The van der Waals surface area contributed by atoms with Crippen LogP contribution < -0.4 is 5.32 Å². The third-order valence-electron chi connectivity index (χ3n) is 3.56. The smallest absolute Gasteiger partial charge is 0.219 e. The lowest BCUT2D eigenvalue weighted by molar-refractivity contribution is -0.120. The van der Waals surface area contributed by atoms with Crippen molar-refractivity contribution in [3.63, 3.8) is 0 Å². The Balaban J connectivity index is 1.97. The molecule has 0 bridgehead atoms. The van der Waals surface area contributed by atoms with Crippen molar-refractivity contribution in [2.45, 2.75) is 39.0 Å². The first-order valence-corrected chi connectivity index (χ1v) is 6.93. The van der Waals surface area contributed by atoms with E-state index in [1.165, 1.54) is 5.56 Å². The summed E-state index contributed by atoms with van der Waals surface area (Å²) in [5, 5.41) is 12.5. The van der Waals surface area contributed by atoms with Gasteiger partial charge in [0, 0.05) is 32.6 Å². The van der Waals surface area contributed by atoms with E-state index in [2.05, 4.69) is 22.3 Å². The third kappa shape index (κ3) is 4.04. The zero-order chi connectivity index (χ0) is 13.7. The monoisotopic (exact) mass is 262 g/mol. The molecule has 1 heterocycles. The maximum absolute atomic E-state index is 11.3. The molecule has 1 aromatic rings. The number of benzene rings is 1. The summed E-state index contributed by atoms with van der Waals surface area (Å²) in [6.07, 6.45) is 1.18. The topological polar surface area (TPSA) is 52.6 Å². The largest absolute Gasteiger partial charge is 0.392 e. The second-order valence-corrected chi connectivity index (χ2v) is 5.08. The van der Waals surface area contributed by atoms with E-state index in [0.29, 0.717) is 13.0 Å². The van der Waals surface area contributed by atoms with Crippen molar-refractivity contribution in [2.75, 3.05) is 13.1 Å². The molecule has 0 aromatic heterocycles. The number of amides is 1. The molecule has 1 fully saturated rings. The highest BCUT2D eigenvalue weighted by atomic mass is 16.3. The van der Waals surface area contributed by atoms with Gasteiger partial charge in [0.05, 0.1) is 6.10 Å². The average Bonchev–Trinajstić information content (AvgIpc) is 2.83. The summed E-state index contributed by atoms with van der Waals surface area (Å²) in [7, 11) is 0. The number of rotatable bonds is 5. The van der Waals surface area contributed by atoms with Gasteiger partial charge in [0.1, 0.15) is 0 Å². The number of hydrogen-bond acceptors (Lipinski definition) is 3. The van der Waals surface area contributed by atoms with E-state index < -0.39 is 0 Å². The minimum atomic E-state index is -0.188. The van der Waals surface area contributed by atoms with Gasteiger partial charge in [0.2, 0.25) is 5.91 Å². The zero-order valence-corrected chi connectivity index (χ0v) is 11.4. The van der Waals surface area contributed by atoms with Gasteiger partial charge >= 0.3 is 0 Å². The van der Waals surface area contributed by atoms with Gasteiger partial charge in [0.25, 0.3) is 0 Å². The molecule has 1 aromatic carbocycles. The second-order valence-electron chi connectivity index (χ2n) is 5.08. The van der Waals surface area contributed by atoms with Crippen molar-refractivity contribution in [3.05, 3.63) is 35.4 Å². The number of nitrogens with one attached hydrogen (secondary N) is 1. The zero-order valence-electron chi connectivity index (χ0n) is 11.4. The normalized spacial score (nSPS) is 19.6. The van der Waals surface area contributed by atoms with Crippen molar-refractivity contribution < 1.29 is 9.90 Å². The van der Waals surface area contributed by atoms with E-state index in [1.807, 2.05) is 19.1 Å². The Morgan fingerprint density at radius 2 is 2.16 bits per heavy atom. The molecule has 4 nitrogen and oxygen atoms in total. The van der Waals surface area contributed by atoms with Crippen molar-refractivity contribution in [1.82, 2.24) is 10.2 Å². The Morgan fingerprint density at radius 3 is 2.79 bits per heavy atom. The quantitative estimate of drug-likeness (QED) is 0.840. The van der Waals surface area contributed by atoms with Crippen molar-refractivity contribution in [2.24, 2.45) is 0 Å². The Labute approximate surface area is 114 Å². The molecule has 0 unspecified atom stereocenters. The predicted molar refractivity (Wildman–Crippen MR) is 74.5 cm³/mol. The van der Waals surface area contributed by atoms with E-state index in [4.69, 9.17) is 0 Å². The fraction of sp³-hybridized carbons (Fsp3) is 0.533. The Kier molecular flexibility index (Phi) is 4.93.